The Labute approximate surface area is 227 Å². The minimum Gasteiger partial charge on any atom is -0.345 e. The number of rotatable bonds is 5. The first-order chi connectivity index (χ1) is 17.5. The maximum atomic E-state index is 14.2. The Balaban J connectivity index is 1.76. The fraction of sp³-hybridized carbons (Fsp3) is 0.233. The van der Waals surface area contributed by atoms with Crippen molar-refractivity contribution in [2.45, 2.75) is 30.7 Å². The van der Waals surface area contributed by atoms with E-state index in [1.807, 2.05) is 24.7 Å². The van der Waals surface area contributed by atoms with E-state index in [-0.39, 0.29) is 17.6 Å². The molecular weight excluding hydrogens is 503 g/mol. The van der Waals surface area contributed by atoms with Gasteiger partial charge >= 0.3 is 0 Å². The lowest BCUT2D eigenvalue weighted by Crippen LogP contribution is -2.41. The quantitative estimate of drug-likeness (QED) is 0.368. The van der Waals surface area contributed by atoms with Gasteiger partial charge in [0.2, 0.25) is 0 Å². The maximum Gasteiger partial charge on any atom is 0.110 e. The van der Waals surface area contributed by atoms with Crippen molar-refractivity contribution in [1.82, 2.24) is 9.55 Å². The zero-order chi connectivity index (χ0) is 26.5. The number of halogens is 2. The molecule has 0 saturated carbocycles. The first-order valence-corrected chi connectivity index (χ1v) is 13.2. The standard InChI is InChI=1S/C30H30ClFN4S/c1-19-13-23(20-7-6-12-29(2,3)16-20)24-14-21(8-11-26(24)36(19)5)30(33,28-17-34-18-35(28)4)25-10-9-22(31)15-27(25)37-32/h6-15,17-18H,1,16,33H2,2-5H3/t30-/m0/s1. The average molecular weight is 533 g/mol. The summed E-state index contributed by atoms with van der Waals surface area (Å²) < 4.78 is 16.1. The van der Waals surface area contributed by atoms with Gasteiger partial charge in [-0.05, 0) is 64.5 Å². The fourth-order valence-corrected chi connectivity index (χ4v) is 6.05. The predicted molar refractivity (Wildman–Crippen MR) is 153 cm³/mol. The van der Waals surface area contributed by atoms with Gasteiger partial charge in [0.25, 0.3) is 0 Å². The molecule has 2 N–H and O–H groups in total. The first kappa shape index (κ1) is 25.6. The highest BCUT2D eigenvalue weighted by Crippen LogP contribution is 2.47. The monoisotopic (exact) mass is 532 g/mol. The molecule has 1 atom stereocenters. The molecule has 2 aromatic carbocycles. The highest BCUT2D eigenvalue weighted by molar-refractivity contribution is 7.94. The van der Waals surface area contributed by atoms with Crippen molar-refractivity contribution in [2.24, 2.45) is 18.2 Å². The number of nitrogens with zero attached hydrogens (tertiary/aromatic N) is 3. The fourth-order valence-electron chi connectivity index (χ4n) is 5.33. The summed E-state index contributed by atoms with van der Waals surface area (Å²) in [5, 5.41) is 0.451. The minimum absolute atomic E-state index is 0.0519. The van der Waals surface area contributed by atoms with Crippen LogP contribution in [0.4, 0.5) is 9.57 Å². The van der Waals surface area contributed by atoms with Crippen molar-refractivity contribution >= 4 is 35.0 Å². The van der Waals surface area contributed by atoms with E-state index < -0.39 is 5.54 Å². The smallest absolute Gasteiger partial charge is 0.110 e. The van der Waals surface area contributed by atoms with Crippen molar-refractivity contribution in [2.75, 3.05) is 11.9 Å². The normalized spacial score (nSPS) is 18.2. The predicted octanol–water partition coefficient (Wildman–Crippen LogP) is 7.56. The van der Waals surface area contributed by atoms with E-state index in [0.29, 0.717) is 15.5 Å². The molecule has 2 aliphatic rings. The summed E-state index contributed by atoms with van der Waals surface area (Å²) in [4.78, 5) is 6.79. The summed E-state index contributed by atoms with van der Waals surface area (Å²) in [6.07, 6.45) is 13.0. The summed E-state index contributed by atoms with van der Waals surface area (Å²) >= 11 is 6.37. The highest BCUT2D eigenvalue weighted by Gasteiger charge is 2.38. The maximum absolute atomic E-state index is 14.2. The number of nitrogens with two attached hydrogens (primary N) is 1. The number of imidazole rings is 1. The van der Waals surface area contributed by atoms with Gasteiger partial charge in [0.1, 0.15) is 5.54 Å². The van der Waals surface area contributed by atoms with Gasteiger partial charge in [0.05, 0.1) is 30.4 Å². The Kier molecular flexibility index (Phi) is 6.47. The van der Waals surface area contributed by atoms with Crippen molar-refractivity contribution in [3.05, 3.63) is 118 Å². The molecule has 0 unspecified atom stereocenters. The van der Waals surface area contributed by atoms with Crippen molar-refractivity contribution < 1.29 is 3.89 Å². The zero-order valence-corrected chi connectivity index (χ0v) is 23.0. The molecule has 190 valence electrons. The molecule has 37 heavy (non-hydrogen) atoms. The van der Waals surface area contributed by atoms with E-state index in [1.165, 1.54) is 5.57 Å². The lowest BCUT2D eigenvalue weighted by atomic mass is 9.75. The number of fused-ring (bicyclic) bond motifs is 1. The van der Waals surface area contributed by atoms with E-state index in [0.717, 1.165) is 40.2 Å². The van der Waals surface area contributed by atoms with Crippen LogP contribution in [0.2, 0.25) is 5.02 Å². The molecule has 1 aromatic heterocycles. The van der Waals surface area contributed by atoms with Crippen LogP contribution >= 0.6 is 23.7 Å². The SMILES string of the molecule is C=C1C=C(C2=CC=CC(C)(C)C2)c2cc([C@](N)(c3ccc(Cl)cc3SF)c3cncn3C)ccc2N1C. The lowest BCUT2D eigenvalue weighted by molar-refractivity contribution is 0.476. The average Bonchev–Trinajstić information content (AvgIpc) is 3.31. The summed E-state index contributed by atoms with van der Waals surface area (Å²) in [6, 6.07) is 11.4. The van der Waals surface area contributed by atoms with Gasteiger partial charge in [-0.2, -0.15) is 3.89 Å². The molecule has 0 fully saturated rings. The topological polar surface area (TPSA) is 47.1 Å². The summed E-state index contributed by atoms with van der Waals surface area (Å²) in [5.41, 5.74) is 13.8. The van der Waals surface area contributed by atoms with Crippen LogP contribution in [0.3, 0.4) is 0 Å². The van der Waals surface area contributed by atoms with Gasteiger partial charge in [0.15, 0.2) is 0 Å². The summed E-state index contributed by atoms with van der Waals surface area (Å²) in [6.45, 7) is 8.77. The third-order valence-corrected chi connectivity index (χ3v) is 8.09. The lowest BCUT2D eigenvalue weighted by Gasteiger charge is -2.36. The van der Waals surface area contributed by atoms with Crippen LogP contribution in [0, 0.1) is 5.41 Å². The van der Waals surface area contributed by atoms with Crippen LogP contribution < -0.4 is 10.6 Å². The van der Waals surface area contributed by atoms with E-state index in [9.17, 15) is 3.89 Å². The summed E-state index contributed by atoms with van der Waals surface area (Å²) in [5.74, 6) is 0. The number of aromatic nitrogens is 2. The molecule has 1 aliphatic heterocycles. The zero-order valence-electron chi connectivity index (χ0n) is 21.4. The van der Waals surface area contributed by atoms with Gasteiger partial charge < -0.3 is 15.2 Å². The van der Waals surface area contributed by atoms with Crippen LogP contribution in [0.15, 0.2) is 96.0 Å². The molecule has 1 aliphatic carbocycles. The molecule has 0 bridgehead atoms. The van der Waals surface area contributed by atoms with Gasteiger partial charge in [-0.1, -0.05) is 62.4 Å². The van der Waals surface area contributed by atoms with Gasteiger partial charge in [-0.3, -0.25) is 0 Å². The minimum atomic E-state index is -1.18. The number of allylic oxidation sites excluding steroid dienone is 6. The molecule has 0 amide bonds. The first-order valence-electron chi connectivity index (χ1n) is 12.1. The molecule has 3 aromatic rings. The molecule has 0 spiro atoms. The van der Waals surface area contributed by atoms with Gasteiger partial charge in [-0.25, -0.2) is 4.98 Å². The van der Waals surface area contributed by atoms with Crippen molar-refractivity contribution in [3.63, 3.8) is 0 Å². The highest BCUT2D eigenvalue weighted by atomic mass is 35.5. The molecule has 2 heterocycles. The van der Waals surface area contributed by atoms with E-state index in [4.69, 9.17) is 17.3 Å². The number of anilines is 1. The van der Waals surface area contributed by atoms with Crippen LogP contribution in [-0.4, -0.2) is 16.6 Å². The third-order valence-electron chi connectivity index (χ3n) is 7.35. The largest absolute Gasteiger partial charge is 0.345 e. The molecule has 0 saturated heterocycles. The number of benzene rings is 2. The van der Waals surface area contributed by atoms with Crippen molar-refractivity contribution in [1.29, 1.82) is 0 Å². The molecule has 5 rings (SSSR count). The van der Waals surface area contributed by atoms with E-state index in [2.05, 4.69) is 66.7 Å². The number of likely N-dealkylation sites (N-methyl/N-ethyl adjacent to an activating group) is 1. The number of aryl methyl sites for hydroxylation is 1. The Morgan fingerprint density at radius 2 is 1.97 bits per heavy atom. The second-order valence-electron chi connectivity index (χ2n) is 10.5. The number of hydrogen-bond acceptors (Lipinski definition) is 4. The number of hydrogen-bond donors (Lipinski definition) is 1. The van der Waals surface area contributed by atoms with Crippen LogP contribution in [0.1, 0.15) is 42.7 Å². The Hall–Kier alpha value is -3.06. The van der Waals surface area contributed by atoms with Crippen molar-refractivity contribution in [3.8, 4) is 0 Å². The Bertz CT molecular complexity index is 1500. The third kappa shape index (κ3) is 4.37. The van der Waals surface area contributed by atoms with E-state index >= 15 is 0 Å². The van der Waals surface area contributed by atoms with Crippen LogP contribution in [-0.2, 0) is 12.6 Å². The molecule has 7 heteroatoms. The second kappa shape index (κ2) is 9.35. The van der Waals surface area contributed by atoms with Crippen LogP contribution in [0.5, 0.6) is 0 Å². The Morgan fingerprint density at radius 1 is 1.19 bits per heavy atom. The molecule has 4 nitrogen and oxygen atoms in total. The van der Waals surface area contributed by atoms with Gasteiger partial charge in [-0.15, -0.1) is 0 Å². The Morgan fingerprint density at radius 3 is 2.65 bits per heavy atom. The van der Waals surface area contributed by atoms with Gasteiger partial charge in [0, 0.05) is 41.0 Å². The van der Waals surface area contributed by atoms with E-state index in [1.54, 1.807) is 30.7 Å². The second-order valence-corrected chi connectivity index (χ2v) is 11.5. The summed E-state index contributed by atoms with van der Waals surface area (Å²) in [7, 11) is 3.91. The molecular formula is C30H30ClFN4S. The van der Waals surface area contributed by atoms with Crippen LogP contribution in [0.25, 0.3) is 5.57 Å². The molecule has 0 radical (unpaired) electrons.